The van der Waals surface area contributed by atoms with Gasteiger partial charge in [0, 0.05) is 22.2 Å². The molecule has 0 bridgehead atoms. The van der Waals surface area contributed by atoms with E-state index in [2.05, 4.69) is 12.2 Å². The standard InChI is InChI=1S/C13H14Cl3NO3S/c1-2-13(3-4-13)7-17-12(18)9-5-8(14)6-10(11(9)15)21(16,19)20/h5-6H,2-4,7H2,1H3,(H,17,18). The second-order valence-electron chi connectivity index (χ2n) is 5.24. The van der Waals surface area contributed by atoms with Gasteiger partial charge < -0.3 is 5.32 Å². The van der Waals surface area contributed by atoms with Crippen LogP contribution in [0.15, 0.2) is 17.0 Å². The lowest BCUT2D eigenvalue weighted by molar-refractivity contribution is 0.0944. The van der Waals surface area contributed by atoms with Crippen LogP contribution in [-0.4, -0.2) is 20.9 Å². The Morgan fingerprint density at radius 2 is 1.95 bits per heavy atom. The number of rotatable bonds is 5. The van der Waals surface area contributed by atoms with E-state index in [4.69, 9.17) is 33.9 Å². The smallest absolute Gasteiger partial charge is 0.262 e. The number of hydrogen-bond acceptors (Lipinski definition) is 3. The van der Waals surface area contributed by atoms with Crippen molar-refractivity contribution in [3.05, 3.63) is 27.7 Å². The SMILES string of the molecule is CCC1(CNC(=O)c2cc(Cl)cc(S(=O)(=O)Cl)c2Cl)CC1. The quantitative estimate of drug-likeness (QED) is 0.801. The van der Waals surface area contributed by atoms with Gasteiger partial charge in [-0.25, -0.2) is 8.42 Å². The van der Waals surface area contributed by atoms with Crippen LogP contribution < -0.4 is 5.32 Å². The molecule has 1 aromatic rings. The zero-order valence-electron chi connectivity index (χ0n) is 11.3. The summed E-state index contributed by atoms with van der Waals surface area (Å²) in [6.45, 7) is 2.61. The van der Waals surface area contributed by atoms with Crippen LogP contribution >= 0.6 is 33.9 Å². The van der Waals surface area contributed by atoms with Crippen LogP contribution in [0.2, 0.25) is 10.0 Å². The van der Waals surface area contributed by atoms with Gasteiger partial charge in [-0.2, -0.15) is 0 Å². The molecule has 1 saturated carbocycles. The van der Waals surface area contributed by atoms with E-state index in [0.717, 1.165) is 25.3 Å². The van der Waals surface area contributed by atoms with Crippen LogP contribution in [0.5, 0.6) is 0 Å². The Kier molecular flexibility index (Phi) is 4.78. The van der Waals surface area contributed by atoms with E-state index in [-0.39, 0.29) is 25.9 Å². The van der Waals surface area contributed by atoms with Crippen molar-refractivity contribution in [1.29, 1.82) is 0 Å². The predicted molar refractivity (Wildman–Crippen MR) is 83.8 cm³/mol. The summed E-state index contributed by atoms with van der Waals surface area (Å²) in [7, 11) is 1.22. The van der Waals surface area contributed by atoms with Crippen molar-refractivity contribution in [2.75, 3.05) is 6.54 Å². The molecule has 1 fully saturated rings. The normalized spacial score (nSPS) is 16.6. The highest BCUT2D eigenvalue weighted by Crippen LogP contribution is 2.47. The zero-order valence-corrected chi connectivity index (χ0v) is 14.3. The maximum Gasteiger partial charge on any atom is 0.262 e. The minimum absolute atomic E-state index is 0.00953. The van der Waals surface area contributed by atoms with E-state index in [1.165, 1.54) is 6.07 Å². The molecule has 4 nitrogen and oxygen atoms in total. The summed E-state index contributed by atoms with van der Waals surface area (Å²) >= 11 is 11.8. The second-order valence-corrected chi connectivity index (χ2v) is 8.59. The van der Waals surface area contributed by atoms with Crippen LogP contribution in [0, 0.1) is 5.41 Å². The molecule has 0 atom stereocenters. The molecular formula is C13H14Cl3NO3S. The molecular weight excluding hydrogens is 357 g/mol. The Bertz CT molecular complexity index is 684. The summed E-state index contributed by atoms with van der Waals surface area (Å²) < 4.78 is 22.9. The molecule has 21 heavy (non-hydrogen) atoms. The van der Waals surface area contributed by atoms with Crippen LogP contribution in [0.25, 0.3) is 0 Å². The lowest BCUT2D eigenvalue weighted by atomic mass is 10.0. The average molecular weight is 371 g/mol. The average Bonchev–Trinajstić information content (AvgIpc) is 3.17. The summed E-state index contributed by atoms with van der Waals surface area (Å²) in [6.07, 6.45) is 3.14. The molecule has 0 spiro atoms. The molecule has 1 aromatic carbocycles. The van der Waals surface area contributed by atoms with Crippen molar-refractivity contribution >= 4 is 48.8 Å². The van der Waals surface area contributed by atoms with E-state index in [1.54, 1.807) is 0 Å². The fourth-order valence-electron chi connectivity index (χ4n) is 2.10. The Morgan fingerprint density at radius 1 is 1.33 bits per heavy atom. The summed E-state index contributed by atoms with van der Waals surface area (Å²) in [6, 6.07) is 2.45. The Labute approximate surface area is 138 Å². The Balaban J connectivity index is 2.27. The van der Waals surface area contributed by atoms with Crippen molar-refractivity contribution in [3.8, 4) is 0 Å². The lowest BCUT2D eigenvalue weighted by Gasteiger charge is -2.14. The molecule has 1 amide bonds. The first-order valence-electron chi connectivity index (χ1n) is 6.40. The molecule has 0 saturated heterocycles. The van der Waals surface area contributed by atoms with E-state index >= 15 is 0 Å². The molecule has 116 valence electrons. The van der Waals surface area contributed by atoms with Gasteiger partial charge >= 0.3 is 0 Å². The maximum absolute atomic E-state index is 12.2. The Hall–Kier alpha value is -0.490. The predicted octanol–water partition coefficient (Wildman–Crippen LogP) is 3.84. The summed E-state index contributed by atoms with van der Waals surface area (Å²) in [4.78, 5) is 11.8. The van der Waals surface area contributed by atoms with Gasteiger partial charge in [0.2, 0.25) is 0 Å². The van der Waals surface area contributed by atoms with Crippen LogP contribution in [-0.2, 0) is 9.05 Å². The Morgan fingerprint density at radius 3 is 2.43 bits per heavy atom. The number of carbonyl (C=O) groups is 1. The molecule has 0 radical (unpaired) electrons. The summed E-state index contributed by atoms with van der Waals surface area (Å²) in [5, 5.41) is 2.65. The number of amides is 1. The van der Waals surface area contributed by atoms with Gasteiger partial charge in [0.15, 0.2) is 0 Å². The first-order valence-corrected chi connectivity index (χ1v) is 9.47. The van der Waals surface area contributed by atoms with Crippen molar-refractivity contribution in [3.63, 3.8) is 0 Å². The topological polar surface area (TPSA) is 63.2 Å². The number of benzene rings is 1. The third-order valence-electron chi connectivity index (χ3n) is 3.84. The zero-order chi connectivity index (χ0) is 15.8. The highest BCUT2D eigenvalue weighted by molar-refractivity contribution is 8.13. The molecule has 0 aromatic heterocycles. The second kappa shape index (κ2) is 5.95. The molecule has 1 aliphatic rings. The molecule has 2 rings (SSSR count). The van der Waals surface area contributed by atoms with Gasteiger partial charge in [-0.1, -0.05) is 30.1 Å². The third kappa shape index (κ3) is 3.83. The number of hydrogen-bond donors (Lipinski definition) is 1. The van der Waals surface area contributed by atoms with Crippen LogP contribution in [0.3, 0.4) is 0 Å². The van der Waals surface area contributed by atoms with Gasteiger partial charge in [-0.3, -0.25) is 4.79 Å². The van der Waals surface area contributed by atoms with Crippen molar-refractivity contribution in [1.82, 2.24) is 5.32 Å². The van der Waals surface area contributed by atoms with Crippen molar-refractivity contribution in [2.45, 2.75) is 31.1 Å². The largest absolute Gasteiger partial charge is 0.351 e. The summed E-state index contributed by atoms with van der Waals surface area (Å²) in [5.74, 6) is -0.455. The first-order chi connectivity index (χ1) is 9.68. The van der Waals surface area contributed by atoms with Crippen LogP contribution in [0.1, 0.15) is 36.5 Å². The number of halogens is 3. The van der Waals surface area contributed by atoms with Gasteiger partial charge in [-0.15, -0.1) is 0 Å². The highest BCUT2D eigenvalue weighted by Gasteiger charge is 2.40. The fraction of sp³-hybridized carbons (Fsp3) is 0.462. The number of nitrogens with one attached hydrogen (secondary N) is 1. The molecule has 1 N–H and O–H groups in total. The first kappa shape index (κ1) is 16.9. The third-order valence-corrected chi connectivity index (χ3v) is 5.93. The fourth-order valence-corrected chi connectivity index (χ4v) is 3.96. The molecule has 8 heteroatoms. The van der Waals surface area contributed by atoms with Crippen molar-refractivity contribution in [2.24, 2.45) is 5.41 Å². The van der Waals surface area contributed by atoms with Gasteiger partial charge in [0.25, 0.3) is 15.0 Å². The number of carbonyl (C=O) groups excluding carboxylic acids is 1. The minimum Gasteiger partial charge on any atom is -0.351 e. The maximum atomic E-state index is 12.2. The van der Waals surface area contributed by atoms with E-state index in [1.807, 2.05) is 0 Å². The molecule has 1 aliphatic carbocycles. The summed E-state index contributed by atoms with van der Waals surface area (Å²) in [5.41, 5.74) is 0.178. The van der Waals surface area contributed by atoms with E-state index in [0.29, 0.717) is 6.54 Å². The van der Waals surface area contributed by atoms with Crippen molar-refractivity contribution < 1.29 is 13.2 Å². The molecule has 0 aliphatic heterocycles. The molecule has 0 unspecified atom stereocenters. The lowest BCUT2D eigenvalue weighted by Crippen LogP contribution is -2.30. The monoisotopic (exact) mass is 369 g/mol. The van der Waals surface area contributed by atoms with E-state index < -0.39 is 15.0 Å². The van der Waals surface area contributed by atoms with Crippen LogP contribution in [0.4, 0.5) is 0 Å². The van der Waals surface area contributed by atoms with E-state index in [9.17, 15) is 13.2 Å². The van der Waals surface area contributed by atoms with Gasteiger partial charge in [0.05, 0.1) is 10.6 Å². The van der Waals surface area contributed by atoms with Gasteiger partial charge in [-0.05, 0) is 36.8 Å². The van der Waals surface area contributed by atoms with Gasteiger partial charge in [0.1, 0.15) is 4.90 Å². The minimum atomic E-state index is -4.07. The highest BCUT2D eigenvalue weighted by atomic mass is 35.7. The molecule has 0 heterocycles.